The van der Waals surface area contributed by atoms with Gasteiger partial charge in [0, 0.05) is 11.6 Å². The minimum Gasteiger partial charge on any atom is -0.330 e. The standard InChI is InChI=1S/C14H16N2O2/c1-10-8-13(17)16(14(10)18)9-12-4-2-11(3-5-12)6-7-15/h2-5,8H,6-7,9,15H2,1H3. The number of hydrogen-bond acceptors (Lipinski definition) is 3. The highest BCUT2D eigenvalue weighted by Gasteiger charge is 2.27. The Kier molecular flexibility index (Phi) is 3.58. The van der Waals surface area contributed by atoms with E-state index < -0.39 is 0 Å². The van der Waals surface area contributed by atoms with Crippen molar-refractivity contribution in [1.82, 2.24) is 4.90 Å². The number of rotatable bonds is 4. The molecule has 1 aliphatic rings. The van der Waals surface area contributed by atoms with Gasteiger partial charge in [0.25, 0.3) is 11.8 Å². The van der Waals surface area contributed by atoms with Gasteiger partial charge in [0.2, 0.25) is 0 Å². The van der Waals surface area contributed by atoms with Crippen LogP contribution >= 0.6 is 0 Å². The summed E-state index contributed by atoms with van der Waals surface area (Å²) in [5.41, 5.74) is 8.08. The van der Waals surface area contributed by atoms with Crippen LogP contribution in [-0.4, -0.2) is 23.3 Å². The van der Waals surface area contributed by atoms with Crippen molar-refractivity contribution in [2.75, 3.05) is 6.54 Å². The van der Waals surface area contributed by atoms with E-state index in [0.29, 0.717) is 18.7 Å². The second-order valence-corrected chi connectivity index (χ2v) is 4.41. The van der Waals surface area contributed by atoms with Crippen molar-refractivity contribution < 1.29 is 9.59 Å². The zero-order chi connectivity index (χ0) is 13.1. The predicted molar refractivity (Wildman–Crippen MR) is 68.5 cm³/mol. The fourth-order valence-corrected chi connectivity index (χ4v) is 1.95. The number of amides is 2. The van der Waals surface area contributed by atoms with Crippen LogP contribution < -0.4 is 5.73 Å². The van der Waals surface area contributed by atoms with Gasteiger partial charge in [0.15, 0.2) is 0 Å². The van der Waals surface area contributed by atoms with Crippen LogP contribution in [0.2, 0.25) is 0 Å². The van der Waals surface area contributed by atoms with Crippen molar-refractivity contribution in [3.05, 3.63) is 47.0 Å². The third kappa shape index (κ3) is 2.49. The molecule has 1 aromatic carbocycles. The Bertz CT molecular complexity index is 503. The predicted octanol–water partition coefficient (Wildman–Crippen LogP) is 1.00. The minimum absolute atomic E-state index is 0.203. The number of hydrogen-bond donors (Lipinski definition) is 1. The lowest BCUT2D eigenvalue weighted by Gasteiger charge is -2.14. The van der Waals surface area contributed by atoms with E-state index >= 15 is 0 Å². The van der Waals surface area contributed by atoms with Gasteiger partial charge in [-0.3, -0.25) is 14.5 Å². The van der Waals surface area contributed by atoms with Crippen molar-refractivity contribution in [3.8, 4) is 0 Å². The van der Waals surface area contributed by atoms with E-state index in [1.165, 1.54) is 11.0 Å². The van der Waals surface area contributed by atoms with Gasteiger partial charge in [-0.15, -0.1) is 0 Å². The lowest BCUT2D eigenvalue weighted by molar-refractivity contribution is -0.137. The van der Waals surface area contributed by atoms with Crippen LogP contribution in [-0.2, 0) is 22.6 Å². The first-order valence-corrected chi connectivity index (χ1v) is 5.94. The van der Waals surface area contributed by atoms with Crippen molar-refractivity contribution in [2.24, 2.45) is 5.73 Å². The molecule has 0 radical (unpaired) electrons. The van der Waals surface area contributed by atoms with Crippen molar-refractivity contribution in [2.45, 2.75) is 19.9 Å². The summed E-state index contributed by atoms with van der Waals surface area (Å²) in [6.07, 6.45) is 2.22. The number of imide groups is 1. The fourth-order valence-electron chi connectivity index (χ4n) is 1.95. The highest BCUT2D eigenvalue weighted by molar-refractivity contribution is 6.15. The molecule has 2 rings (SSSR count). The van der Waals surface area contributed by atoms with E-state index in [1.807, 2.05) is 24.3 Å². The largest absolute Gasteiger partial charge is 0.330 e. The van der Waals surface area contributed by atoms with E-state index in [-0.39, 0.29) is 11.8 Å². The van der Waals surface area contributed by atoms with E-state index in [4.69, 9.17) is 5.73 Å². The molecule has 1 aromatic rings. The van der Waals surface area contributed by atoms with Crippen LogP contribution in [0.1, 0.15) is 18.1 Å². The van der Waals surface area contributed by atoms with Crippen molar-refractivity contribution >= 4 is 11.8 Å². The van der Waals surface area contributed by atoms with Crippen LogP contribution in [0.15, 0.2) is 35.9 Å². The zero-order valence-electron chi connectivity index (χ0n) is 10.3. The van der Waals surface area contributed by atoms with Gasteiger partial charge in [0.1, 0.15) is 0 Å². The SMILES string of the molecule is CC1=CC(=O)N(Cc2ccc(CCN)cc2)C1=O. The second kappa shape index (κ2) is 5.14. The molecule has 4 heteroatoms. The minimum atomic E-state index is -0.233. The normalized spacial score (nSPS) is 15.2. The first-order chi connectivity index (χ1) is 8.61. The Hall–Kier alpha value is -1.94. The van der Waals surface area contributed by atoms with Crippen LogP contribution in [0.3, 0.4) is 0 Å². The number of nitrogens with zero attached hydrogens (tertiary/aromatic N) is 1. The summed E-state index contributed by atoms with van der Waals surface area (Å²) in [6, 6.07) is 7.82. The molecule has 1 aliphatic heterocycles. The smallest absolute Gasteiger partial charge is 0.256 e. The molecule has 1 heterocycles. The highest BCUT2D eigenvalue weighted by atomic mass is 16.2. The Balaban J connectivity index is 2.06. The third-order valence-corrected chi connectivity index (χ3v) is 2.99. The van der Waals surface area contributed by atoms with Gasteiger partial charge in [0.05, 0.1) is 6.54 Å². The van der Waals surface area contributed by atoms with Crippen molar-refractivity contribution in [1.29, 1.82) is 0 Å². The molecule has 0 fully saturated rings. The maximum Gasteiger partial charge on any atom is 0.256 e. The number of carbonyl (C=O) groups is 2. The summed E-state index contributed by atoms with van der Waals surface area (Å²) in [4.78, 5) is 24.5. The Labute approximate surface area is 106 Å². The summed E-state index contributed by atoms with van der Waals surface area (Å²) >= 11 is 0. The van der Waals surface area contributed by atoms with E-state index in [2.05, 4.69) is 0 Å². The number of benzene rings is 1. The van der Waals surface area contributed by atoms with Crippen LogP contribution in [0.4, 0.5) is 0 Å². The molecule has 2 amide bonds. The first-order valence-electron chi connectivity index (χ1n) is 5.94. The molecule has 0 atom stereocenters. The van der Waals surface area contributed by atoms with Gasteiger partial charge in [-0.1, -0.05) is 24.3 Å². The fraction of sp³-hybridized carbons (Fsp3) is 0.286. The number of carbonyl (C=O) groups excluding carboxylic acids is 2. The molecule has 2 N–H and O–H groups in total. The zero-order valence-corrected chi connectivity index (χ0v) is 10.3. The van der Waals surface area contributed by atoms with Crippen LogP contribution in [0, 0.1) is 0 Å². The molecule has 94 valence electrons. The van der Waals surface area contributed by atoms with Crippen LogP contribution in [0.25, 0.3) is 0 Å². The molecule has 18 heavy (non-hydrogen) atoms. The molecule has 0 saturated carbocycles. The summed E-state index contributed by atoms with van der Waals surface area (Å²) in [7, 11) is 0. The Morgan fingerprint density at radius 2 is 1.72 bits per heavy atom. The molecule has 0 unspecified atom stereocenters. The third-order valence-electron chi connectivity index (χ3n) is 2.99. The summed E-state index contributed by atoms with van der Waals surface area (Å²) in [5.74, 6) is -0.436. The molecule has 0 saturated heterocycles. The van der Waals surface area contributed by atoms with Crippen LogP contribution in [0.5, 0.6) is 0 Å². The van der Waals surface area contributed by atoms with Gasteiger partial charge in [-0.2, -0.15) is 0 Å². The summed E-state index contributed by atoms with van der Waals surface area (Å²) in [6.45, 7) is 2.60. The van der Waals surface area contributed by atoms with Gasteiger partial charge in [-0.05, 0) is 31.0 Å². The maximum absolute atomic E-state index is 11.7. The molecular weight excluding hydrogens is 228 g/mol. The molecule has 0 spiro atoms. The van der Waals surface area contributed by atoms with E-state index in [9.17, 15) is 9.59 Å². The molecule has 0 bridgehead atoms. The Morgan fingerprint density at radius 3 is 2.22 bits per heavy atom. The summed E-state index contributed by atoms with van der Waals surface area (Å²) in [5, 5.41) is 0. The molecule has 4 nitrogen and oxygen atoms in total. The van der Waals surface area contributed by atoms with Gasteiger partial charge < -0.3 is 5.73 Å². The topological polar surface area (TPSA) is 63.4 Å². The van der Waals surface area contributed by atoms with Gasteiger partial charge >= 0.3 is 0 Å². The maximum atomic E-state index is 11.7. The first kappa shape index (κ1) is 12.5. The quantitative estimate of drug-likeness (QED) is 0.804. The van der Waals surface area contributed by atoms with E-state index in [1.54, 1.807) is 6.92 Å². The lowest BCUT2D eigenvalue weighted by Crippen LogP contribution is -2.30. The average molecular weight is 244 g/mol. The average Bonchev–Trinajstić information content (AvgIpc) is 2.59. The Morgan fingerprint density at radius 1 is 1.11 bits per heavy atom. The monoisotopic (exact) mass is 244 g/mol. The van der Waals surface area contributed by atoms with Crippen molar-refractivity contribution in [3.63, 3.8) is 0 Å². The summed E-state index contributed by atoms with van der Waals surface area (Å²) < 4.78 is 0. The van der Waals surface area contributed by atoms with Gasteiger partial charge in [-0.25, -0.2) is 0 Å². The highest BCUT2D eigenvalue weighted by Crippen LogP contribution is 2.16. The molecular formula is C14H16N2O2. The second-order valence-electron chi connectivity index (χ2n) is 4.41. The molecule has 0 aliphatic carbocycles. The number of nitrogens with two attached hydrogens (primary N) is 1. The lowest BCUT2D eigenvalue weighted by atomic mass is 10.1. The van der Waals surface area contributed by atoms with E-state index in [0.717, 1.165) is 17.5 Å². The molecule has 0 aromatic heterocycles.